The molecule has 1 saturated heterocycles. The number of aliphatic hydroxyl groups excluding tert-OH is 5. The van der Waals surface area contributed by atoms with Crippen molar-refractivity contribution < 1.29 is 35.0 Å². The molecule has 0 aromatic heterocycles. The summed E-state index contributed by atoms with van der Waals surface area (Å²) in [5.74, 6) is 0. The first-order chi connectivity index (χ1) is 18.0. The Kier molecular flexibility index (Phi) is 22.1. The molecule has 0 spiro atoms. The van der Waals surface area contributed by atoms with Crippen molar-refractivity contribution in [3.63, 3.8) is 0 Å². The molecule has 1 rings (SSSR count). The van der Waals surface area contributed by atoms with Gasteiger partial charge in [-0.2, -0.15) is 0 Å². The smallest absolute Gasteiger partial charge is 0.186 e. The predicted molar refractivity (Wildman–Crippen MR) is 147 cm³/mol. The minimum absolute atomic E-state index is 0.0885. The molecule has 1 fully saturated rings. The highest BCUT2D eigenvalue weighted by Crippen LogP contribution is 2.22. The maximum atomic E-state index is 10.1. The van der Waals surface area contributed by atoms with E-state index in [0.29, 0.717) is 6.54 Å². The summed E-state index contributed by atoms with van der Waals surface area (Å²) in [6.45, 7) is 2.87. The lowest BCUT2D eigenvalue weighted by molar-refractivity contribution is -0.304. The molecule has 1 heterocycles. The van der Waals surface area contributed by atoms with Crippen LogP contribution in [0.4, 0.5) is 0 Å². The average molecular weight is 534 g/mol. The van der Waals surface area contributed by atoms with Gasteiger partial charge < -0.3 is 40.3 Å². The molecule has 6 atom stereocenters. The van der Waals surface area contributed by atoms with E-state index in [0.717, 1.165) is 13.0 Å². The minimum atomic E-state index is -1.48. The van der Waals surface area contributed by atoms with Crippen molar-refractivity contribution in [1.82, 2.24) is 5.32 Å². The lowest BCUT2D eigenvalue weighted by atomic mass is 9.99. The van der Waals surface area contributed by atoms with Crippen molar-refractivity contribution in [2.24, 2.45) is 0 Å². The summed E-state index contributed by atoms with van der Waals surface area (Å²) < 4.78 is 10.6. The van der Waals surface area contributed by atoms with E-state index < -0.39 is 43.4 Å². The van der Waals surface area contributed by atoms with Crippen molar-refractivity contribution in [3.8, 4) is 0 Å². The van der Waals surface area contributed by atoms with Crippen molar-refractivity contribution >= 4 is 0 Å². The average Bonchev–Trinajstić information content (AvgIpc) is 2.90. The molecule has 0 bridgehead atoms. The Morgan fingerprint density at radius 2 is 1.14 bits per heavy atom. The van der Waals surface area contributed by atoms with Crippen LogP contribution in [0.2, 0.25) is 0 Å². The van der Waals surface area contributed by atoms with Gasteiger partial charge in [-0.05, 0) is 13.0 Å². The van der Waals surface area contributed by atoms with Crippen LogP contribution in [-0.4, -0.2) is 88.6 Å². The number of hydrogen-bond acceptors (Lipinski definition) is 8. The topological polar surface area (TPSA) is 132 Å². The van der Waals surface area contributed by atoms with E-state index in [2.05, 4.69) is 12.2 Å². The van der Waals surface area contributed by atoms with E-state index in [1.165, 1.54) is 109 Å². The Labute approximate surface area is 226 Å². The molecule has 0 aromatic carbocycles. The van der Waals surface area contributed by atoms with Crippen LogP contribution < -0.4 is 5.32 Å². The third-order valence-electron chi connectivity index (χ3n) is 7.39. The van der Waals surface area contributed by atoms with Gasteiger partial charge in [0, 0.05) is 6.54 Å². The molecule has 0 radical (unpaired) electrons. The number of unbranched alkanes of at least 4 members (excludes halogenated alkanes) is 17. The molecule has 1 aliphatic rings. The van der Waals surface area contributed by atoms with Crippen LogP contribution in [0.3, 0.4) is 0 Å². The van der Waals surface area contributed by atoms with E-state index >= 15 is 0 Å². The Bertz CT molecular complexity index is 497. The molecule has 1 aliphatic heterocycles. The van der Waals surface area contributed by atoms with Gasteiger partial charge >= 0.3 is 0 Å². The van der Waals surface area contributed by atoms with E-state index in [-0.39, 0.29) is 6.61 Å². The van der Waals surface area contributed by atoms with Crippen LogP contribution in [0.25, 0.3) is 0 Å². The van der Waals surface area contributed by atoms with E-state index in [1.54, 1.807) is 0 Å². The first-order valence-electron chi connectivity index (χ1n) is 15.3. The maximum Gasteiger partial charge on any atom is 0.186 e. The van der Waals surface area contributed by atoms with Gasteiger partial charge in [-0.15, -0.1) is 0 Å². The quantitative estimate of drug-likeness (QED) is 0.0977. The van der Waals surface area contributed by atoms with Crippen molar-refractivity contribution in [2.45, 2.75) is 159 Å². The summed E-state index contributed by atoms with van der Waals surface area (Å²) in [5, 5.41) is 52.0. The van der Waals surface area contributed by atoms with Crippen LogP contribution in [0.5, 0.6) is 0 Å². The molecule has 0 amide bonds. The molecule has 0 saturated carbocycles. The van der Waals surface area contributed by atoms with Crippen LogP contribution in [0, 0.1) is 0 Å². The third kappa shape index (κ3) is 17.1. The van der Waals surface area contributed by atoms with Crippen LogP contribution in [0.15, 0.2) is 0 Å². The van der Waals surface area contributed by atoms with Crippen LogP contribution in [-0.2, 0) is 9.47 Å². The van der Waals surface area contributed by atoms with Crippen LogP contribution in [0.1, 0.15) is 122 Å². The van der Waals surface area contributed by atoms with Gasteiger partial charge in [0.1, 0.15) is 24.4 Å². The highest BCUT2D eigenvalue weighted by molar-refractivity contribution is 4.89. The third-order valence-corrected chi connectivity index (χ3v) is 7.39. The van der Waals surface area contributed by atoms with Crippen molar-refractivity contribution in [2.75, 3.05) is 26.3 Å². The molecule has 8 nitrogen and oxygen atoms in total. The summed E-state index contributed by atoms with van der Waals surface area (Å²) in [4.78, 5) is 0. The predicted octanol–water partition coefficient (Wildman–Crippen LogP) is 3.80. The molecule has 0 aliphatic carbocycles. The summed E-state index contributed by atoms with van der Waals surface area (Å²) in [6.07, 6.45) is 17.0. The van der Waals surface area contributed by atoms with Gasteiger partial charge in [0.15, 0.2) is 6.29 Å². The molecule has 6 N–H and O–H groups in total. The van der Waals surface area contributed by atoms with Gasteiger partial charge in [-0.1, -0.05) is 116 Å². The maximum absolute atomic E-state index is 10.1. The summed E-state index contributed by atoms with van der Waals surface area (Å²) >= 11 is 0. The molecular formula is C29H59NO7. The van der Waals surface area contributed by atoms with Gasteiger partial charge in [0.05, 0.1) is 19.3 Å². The van der Waals surface area contributed by atoms with Crippen molar-refractivity contribution in [3.05, 3.63) is 0 Å². The Morgan fingerprint density at radius 3 is 1.59 bits per heavy atom. The fourth-order valence-corrected chi connectivity index (χ4v) is 4.89. The second kappa shape index (κ2) is 23.6. The number of rotatable bonds is 25. The lowest BCUT2D eigenvalue weighted by Gasteiger charge is -2.39. The second-order valence-electron chi connectivity index (χ2n) is 10.9. The van der Waals surface area contributed by atoms with Gasteiger partial charge in [0.2, 0.25) is 0 Å². The normalized spacial score (nSPS) is 25.0. The van der Waals surface area contributed by atoms with Gasteiger partial charge in [-0.25, -0.2) is 0 Å². The molecule has 0 aromatic rings. The highest BCUT2D eigenvalue weighted by atomic mass is 16.7. The minimum Gasteiger partial charge on any atom is -0.394 e. The van der Waals surface area contributed by atoms with Gasteiger partial charge in [-0.3, -0.25) is 0 Å². The standard InChI is InChI=1S/C29H59NO7/c1-2-3-4-5-6-7-8-9-10-11-12-13-14-15-16-17-18-19-20-30-21-24(32)23-36-29-28(35)27(34)26(33)25(22-31)37-29/h24-35H,2-23H2,1H3/t24?,25-,26+,27+,28-,29+/m1/s1. The zero-order valence-electron chi connectivity index (χ0n) is 23.6. The first-order valence-corrected chi connectivity index (χ1v) is 15.3. The molecule has 37 heavy (non-hydrogen) atoms. The fourth-order valence-electron chi connectivity index (χ4n) is 4.89. The lowest BCUT2D eigenvalue weighted by Crippen LogP contribution is -2.59. The molecule has 222 valence electrons. The Morgan fingerprint density at radius 1 is 0.676 bits per heavy atom. The van der Waals surface area contributed by atoms with Crippen molar-refractivity contribution in [1.29, 1.82) is 0 Å². The second-order valence-corrected chi connectivity index (χ2v) is 10.9. The fraction of sp³-hybridized carbons (Fsp3) is 1.00. The zero-order valence-corrected chi connectivity index (χ0v) is 23.6. The summed E-state index contributed by atoms with van der Waals surface area (Å²) in [5.41, 5.74) is 0. The Hall–Kier alpha value is -0.320. The largest absolute Gasteiger partial charge is 0.394 e. The van der Waals surface area contributed by atoms with E-state index in [9.17, 15) is 25.5 Å². The number of ether oxygens (including phenoxy) is 2. The number of aliphatic hydroxyl groups is 5. The molecule has 1 unspecified atom stereocenters. The Balaban J connectivity index is 1.83. The first kappa shape index (κ1) is 34.7. The highest BCUT2D eigenvalue weighted by Gasteiger charge is 2.44. The van der Waals surface area contributed by atoms with E-state index in [1.807, 2.05) is 0 Å². The van der Waals surface area contributed by atoms with Crippen LogP contribution >= 0.6 is 0 Å². The zero-order chi connectivity index (χ0) is 27.1. The monoisotopic (exact) mass is 533 g/mol. The van der Waals surface area contributed by atoms with E-state index in [4.69, 9.17) is 9.47 Å². The SMILES string of the molecule is CCCCCCCCCCCCCCCCCCCCNCC(O)CO[C@H]1O[C@H](CO)[C@H](O)[C@H](O)[C@H]1O. The number of nitrogens with one attached hydrogen (secondary N) is 1. The summed E-state index contributed by atoms with van der Waals surface area (Å²) in [6, 6.07) is 0. The van der Waals surface area contributed by atoms with Gasteiger partial charge in [0.25, 0.3) is 0 Å². The number of hydrogen-bond donors (Lipinski definition) is 6. The summed E-state index contributed by atoms with van der Waals surface area (Å²) in [7, 11) is 0. The molecule has 8 heteroatoms. The molecular weight excluding hydrogens is 474 g/mol.